The first-order valence-electron chi connectivity index (χ1n) is 8.69. The molecule has 2 N–H and O–H groups in total. The fourth-order valence-corrected chi connectivity index (χ4v) is 4.24. The molecule has 1 aromatic carbocycles. The van der Waals surface area contributed by atoms with Crippen LogP contribution in [0.5, 0.6) is 0 Å². The van der Waals surface area contributed by atoms with Crippen LogP contribution >= 0.6 is 0 Å². The van der Waals surface area contributed by atoms with Crippen molar-refractivity contribution >= 4 is 11.8 Å². The van der Waals surface area contributed by atoms with Crippen molar-refractivity contribution in [1.82, 2.24) is 4.90 Å². The van der Waals surface area contributed by atoms with E-state index in [2.05, 4.69) is 25.1 Å². The SMILES string of the molecule is Cc1cccc(C2(C(=O)N3CCCC(C(N)=O)C3)CCCC2)c1. The number of rotatable bonds is 3. The zero-order valence-corrected chi connectivity index (χ0v) is 13.9. The average Bonchev–Trinajstić information content (AvgIpc) is 3.05. The minimum atomic E-state index is -0.397. The van der Waals surface area contributed by atoms with E-state index in [9.17, 15) is 9.59 Å². The van der Waals surface area contributed by atoms with Crippen molar-refractivity contribution in [3.63, 3.8) is 0 Å². The van der Waals surface area contributed by atoms with Crippen molar-refractivity contribution in [2.24, 2.45) is 11.7 Å². The van der Waals surface area contributed by atoms with E-state index in [4.69, 9.17) is 5.73 Å². The van der Waals surface area contributed by atoms with E-state index in [1.54, 1.807) is 0 Å². The minimum absolute atomic E-state index is 0.191. The summed E-state index contributed by atoms with van der Waals surface area (Å²) in [6.45, 7) is 3.30. The zero-order chi connectivity index (χ0) is 16.4. The largest absolute Gasteiger partial charge is 0.369 e. The summed E-state index contributed by atoms with van der Waals surface area (Å²) in [7, 11) is 0. The molecule has 23 heavy (non-hydrogen) atoms. The number of primary amides is 1. The second-order valence-corrected chi connectivity index (χ2v) is 7.15. The molecule has 0 aromatic heterocycles. The van der Waals surface area contributed by atoms with Crippen molar-refractivity contribution in [2.75, 3.05) is 13.1 Å². The number of likely N-dealkylation sites (tertiary alicyclic amines) is 1. The van der Waals surface area contributed by atoms with Crippen molar-refractivity contribution in [1.29, 1.82) is 0 Å². The molecule has 1 saturated heterocycles. The molecular weight excluding hydrogens is 288 g/mol. The summed E-state index contributed by atoms with van der Waals surface area (Å²) in [4.78, 5) is 26.8. The third-order valence-electron chi connectivity index (χ3n) is 5.55. The van der Waals surface area contributed by atoms with Crippen LogP contribution in [0.2, 0.25) is 0 Å². The van der Waals surface area contributed by atoms with E-state index in [1.807, 2.05) is 11.0 Å². The predicted molar refractivity (Wildman–Crippen MR) is 89.8 cm³/mol. The van der Waals surface area contributed by atoms with Crippen LogP contribution in [-0.2, 0) is 15.0 Å². The van der Waals surface area contributed by atoms with Crippen LogP contribution in [0.3, 0.4) is 0 Å². The Labute approximate surface area is 138 Å². The van der Waals surface area contributed by atoms with Crippen LogP contribution in [0.15, 0.2) is 24.3 Å². The summed E-state index contributed by atoms with van der Waals surface area (Å²) >= 11 is 0. The third-order valence-corrected chi connectivity index (χ3v) is 5.55. The lowest BCUT2D eigenvalue weighted by Crippen LogP contribution is -2.51. The topological polar surface area (TPSA) is 63.4 Å². The van der Waals surface area contributed by atoms with E-state index in [1.165, 1.54) is 5.56 Å². The van der Waals surface area contributed by atoms with Gasteiger partial charge in [0.2, 0.25) is 11.8 Å². The van der Waals surface area contributed by atoms with Gasteiger partial charge in [-0.2, -0.15) is 0 Å². The summed E-state index contributed by atoms with van der Waals surface area (Å²) in [5.41, 5.74) is 7.40. The van der Waals surface area contributed by atoms with Gasteiger partial charge in [0.05, 0.1) is 11.3 Å². The average molecular weight is 314 g/mol. The summed E-state index contributed by atoms with van der Waals surface area (Å²) < 4.78 is 0. The van der Waals surface area contributed by atoms with Crippen molar-refractivity contribution < 1.29 is 9.59 Å². The number of nitrogens with zero attached hydrogens (tertiary/aromatic N) is 1. The Morgan fingerprint density at radius 2 is 1.96 bits per heavy atom. The Kier molecular flexibility index (Phi) is 4.42. The Balaban J connectivity index is 1.89. The molecule has 124 valence electrons. The highest BCUT2D eigenvalue weighted by atomic mass is 16.2. The van der Waals surface area contributed by atoms with Crippen molar-refractivity contribution in [3.05, 3.63) is 35.4 Å². The van der Waals surface area contributed by atoms with E-state index < -0.39 is 5.41 Å². The number of piperidine rings is 1. The van der Waals surface area contributed by atoms with Gasteiger partial charge < -0.3 is 10.6 Å². The van der Waals surface area contributed by atoms with E-state index in [0.29, 0.717) is 6.54 Å². The molecular formula is C19H26N2O2. The van der Waals surface area contributed by atoms with Gasteiger partial charge >= 0.3 is 0 Å². The smallest absolute Gasteiger partial charge is 0.233 e. The Bertz CT molecular complexity index is 605. The van der Waals surface area contributed by atoms with E-state index in [-0.39, 0.29) is 17.7 Å². The summed E-state index contributed by atoms with van der Waals surface area (Å²) in [5.74, 6) is -0.270. The van der Waals surface area contributed by atoms with Gasteiger partial charge in [-0.1, -0.05) is 42.7 Å². The van der Waals surface area contributed by atoms with Crippen LogP contribution in [0.1, 0.15) is 49.7 Å². The molecule has 2 fully saturated rings. The standard InChI is InChI=1S/C19H26N2O2/c1-14-6-4-8-16(12-14)19(9-2-3-10-19)18(23)21-11-5-7-15(13-21)17(20)22/h4,6,8,12,15H,2-3,5,7,9-11,13H2,1H3,(H2,20,22). The van der Waals surface area contributed by atoms with E-state index >= 15 is 0 Å². The summed E-state index contributed by atoms with van der Waals surface area (Å²) in [6, 6.07) is 8.35. The Hall–Kier alpha value is -1.84. The lowest BCUT2D eigenvalue weighted by atomic mass is 9.76. The van der Waals surface area contributed by atoms with Gasteiger partial charge in [-0.15, -0.1) is 0 Å². The molecule has 2 amide bonds. The first-order chi connectivity index (χ1) is 11.0. The predicted octanol–water partition coefficient (Wildman–Crippen LogP) is 2.53. The number of hydrogen-bond acceptors (Lipinski definition) is 2. The molecule has 4 heteroatoms. The van der Waals surface area contributed by atoms with Crippen LogP contribution in [0, 0.1) is 12.8 Å². The number of amides is 2. The second kappa shape index (κ2) is 6.34. The minimum Gasteiger partial charge on any atom is -0.369 e. The van der Waals surface area contributed by atoms with Crippen LogP contribution in [0.25, 0.3) is 0 Å². The lowest BCUT2D eigenvalue weighted by Gasteiger charge is -2.38. The zero-order valence-electron chi connectivity index (χ0n) is 13.9. The van der Waals surface area contributed by atoms with Gasteiger partial charge in [0.25, 0.3) is 0 Å². The maximum atomic E-state index is 13.4. The first-order valence-corrected chi connectivity index (χ1v) is 8.69. The van der Waals surface area contributed by atoms with Crippen LogP contribution in [-0.4, -0.2) is 29.8 Å². The lowest BCUT2D eigenvalue weighted by molar-refractivity contribution is -0.140. The number of hydrogen-bond donors (Lipinski definition) is 1. The summed E-state index contributed by atoms with van der Waals surface area (Å²) in [6.07, 6.45) is 5.67. The molecule has 4 nitrogen and oxygen atoms in total. The van der Waals surface area contributed by atoms with Crippen molar-refractivity contribution in [2.45, 2.75) is 50.9 Å². The third kappa shape index (κ3) is 2.99. The normalized spacial score (nSPS) is 23.7. The van der Waals surface area contributed by atoms with Crippen molar-refractivity contribution in [3.8, 4) is 0 Å². The molecule has 0 spiro atoms. The molecule has 1 saturated carbocycles. The molecule has 1 heterocycles. The number of nitrogens with two attached hydrogens (primary N) is 1. The quantitative estimate of drug-likeness (QED) is 0.932. The van der Waals surface area contributed by atoms with Gasteiger partial charge in [0.1, 0.15) is 0 Å². The monoisotopic (exact) mass is 314 g/mol. The van der Waals surface area contributed by atoms with Gasteiger partial charge in [-0.25, -0.2) is 0 Å². The maximum absolute atomic E-state index is 13.4. The first kappa shape index (κ1) is 16.0. The number of carbonyl (C=O) groups excluding carboxylic acids is 2. The summed E-state index contributed by atoms with van der Waals surface area (Å²) in [5, 5.41) is 0. The molecule has 0 radical (unpaired) electrons. The van der Waals surface area contributed by atoms with Gasteiger partial charge in [-0.05, 0) is 38.2 Å². The highest BCUT2D eigenvalue weighted by molar-refractivity contribution is 5.89. The molecule has 0 bridgehead atoms. The highest BCUT2D eigenvalue weighted by Gasteiger charge is 2.45. The maximum Gasteiger partial charge on any atom is 0.233 e. The number of carbonyl (C=O) groups is 2. The molecule has 1 unspecified atom stereocenters. The second-order valence-electron chi connectivity index (χ2n) is 7.15. The molecule has 2 aliphatic rings. The van der Waals surface area contributed by atoms with Gasteiger partial charge in [0, 0.05) is 13.1 Å². The molecule has 1 aliphatic carbocycles. The molecule has 3 rings (SSSR count). The van der Waals surface area contributed by atoms with Crippen LogP contribution < -0.4 is 5.73 Å². The number of aryl methyl sites for hydroxylation is 1. The Morgan fingerprint density at radius 1 is 1.22 bits per heavy atom. The molecule has 1 atom stereocenters. The van der Waals surface area contributed by atoms with Gasteiger partial charge in [0.15, 0.2) is 0 Å². The fourth-order valence-electron chi connectivity index (χ4n) is 4.24. The van der Waals surface area contributed by atoms with E-state index in [0.717, 1.165) is 50.6 Å². The highest BCUT2D eigenvalue weighted by Crippen LogP contribution is 2.43. The Morgan fingerprint density at radius 3 is 2.61 bits per heavy atom. The number of benzene rings is 1. The molecule has 1 aliphatic heterocycles. The molecule has 1 aromatic rings. The van der Waals surface area contributed by atoms with Gasteiger partial charge in [-0.3, -0.25) is 9.59 Å². The fraction of sp³-hybridized carbons (Fsp3) is 0.579. The van der Waals surface area contributed by atoms with Crippen LogP contribution in [0.4, 0.5) is 0 Å².